The minimum Gasteiger partial charge on any atom is -0.391 e. The Bertz CT molecular complexity index is 816. The molecule has 1 N–H and O–H groups in total. The summed E-state index contributed by atoms with van der Waals surface area (Å²) in [4.78, 5) is 0. The zero-order chi connectivity index (χ0) is 15.7. The maximum absolute atomic E-state index is 13.9. The van der Waals surface area contributed by atoms with E-state index in [1.807, 2.05) is 0 Å². The molecule has 112 valence electrons. The van der Waals surface area contributed by atoms with Crippen molar-refractivity contribution in [2.75, 3.05) is 0 Å². The molecule has 0 fully saturated rings. The maximum atomic E-state index is 13.9. The predicted molar refractivity (Wildman–Crippen MR) is 78.2 cm³/mol. The summed E-state index contributed by atoms with van der Waals surface area (Å²) in [5.74, 6) is -0.957. The third-order valence-electron chi connectivity index (χ3n) is 3.24. The van der Waals surface area contributed by atoms with Crippen LogP contribution in [0, 0.1) is 11.6 Å². The van der Waals surface area contributed by atoms with E-state index in [1.165, 1.54) is 0 Å². The van der Waals surface area contributed by atoms with Crippen LogP contribution in [0.2, 0.25) is 5.02 Å². The number of halogens is 3. The van der Waals surface area contributed by atoms with Gasteiger partial charge in [-0.05, 0) is 42.5 Å². The molecule has 0 saturated heterocycles. The van der Waals surface area contributed by atoms with Crippen LogP contribution >= 0.6 is 11.6 Å². The number of rotatable bonds is 3. The van der Waals surface area contributed by atoms with Gasteiger partial charge in [-0.25, -0.2) is 8.78 Å². The van der Waals surface area contributed by atoms with Gasteiger partial charge in [0.05, 0.1) is 12.2 Å². The van der Waals surface area contributed by atoms with E-state index < -0.39 is 18.2 Å². The lowest BCUT2D eigenvalue weighted by atomic mass is 10.0. The van der Waals surface area contributed by atoms with Gasteiger partial charge in [0.2, 0.25) is 0 Å². The highest BCUT2D eigenvalue weighted by atomic mass is 35.5. The molecule has 0 saturated carbocycles. The summed E-state index contributed by atoms with van der Waals surface area (Å²) in [5.41, 5.74) is 0.924. The van der Waals surface area contributed by atoms with Crippen molar-refractivity contribution in [2.24, 2.45) is 0 Å². The molecular formula is C16H10ClF2NO2. The van der Waals surface area contributed by atoms with Crippen molar-refractivity contribution in [3.63, 3.8) is 0 Å². The average Bonchev–Trinajstić information content (AvgIpc) is 2.94. The number of hydrogen-bond acceptors (Lipinski definition) is 3. The van der Waals surface area contributed by atoms with Crippen molar-refractivity contribution in [1.82, 2.24) is 5.16 Å². The summed E-state index contributed by atoms with van der Waals surface area (Å²) in [6, 6.07) is 9.71. The Morgan fingerprint density at radius 2 is 1.82 bits per heavy atom. The van der Waals surface area contributed by atoms with Crippen molar-refractivity contribution in [1.29, 1.82) is 0 Å². The summed E-state index contributed by atoms with van der Waals surface area (Å²) in [6.07, 6.45) is 0. The van der Waals surface area contributed by atoms with E-state index in [0.29, 0.717) is 10.6 Å². The molecule has 0 bridgehead atoms. The van der Waals surface area contributed by atoms with Crippen molar-refractivity contribution < 1.29 is 18.4 Å². The predicted octanol–water partition coefficient (Wildman–Crippen LogP) is 4.43. The summed E-state index contributed by atoms with van der Waals surface area (Å²) in [5, 5.41) is 13.9. The van der Waals surface area contributed by atoms with Gasteiger partial charge in [0.1, 0.15) is 17.3 Å². The standard InChI is InChI=1S/C16H10ClF2NO2/c17-10-3-1-9(2-4-10)16-13(8-21)15(20-22-16)12-7-11(18)5-6-14(12)19/h1-7,21H,8H2. The van der Waals surface area contributed by atoms with Crippen LogP contribution in [-0.4, -0.2) is 10.3 Å². The first-order chi connectivity index (χ1) is 10.6. The third-order valence-corrected chi connectivity index (χ3v) is 3.49. The summed E-state index contributed by atoms with van der Waals surface area (Å²) in [6.45, 7) is -0.424. The van der Waals surface area contributed by atoms with E-state index in [4.69, 9.17) is 16.1 Å². The highest BCUT2D eigenvalue weighted by Gasteiger charge is 2.21. The second-order valence-electron chi connectivity index (χ2n) is 4.63. The number of aliphatic hydroxyl groups is 1. The molecule has 0 amide bonds. The minimum atomic E-state index is -0.646. The van der Waals surface area contributed by atoms with Gasteiger partial charge in [-0.2, -0.15) is 0 Å². The second-order valence-corrected chi connectivity index (χ2v) is 5.06. The van der Waals surface area contributed by atoms with Gasteiger partial charge in [-0.1, -0.05) is 16.8 Å². The van der Waals surface area contributed by atoms with Crippen LogP contribution in [0.5, 0.6) is 0 Å². The molecule has 0 radical (unpaired) electrons. The van der Waals surface area contributed by atoms with Gasteiger partial charge in [0.15, 0.2) is 5.76 Å². The molecule has 3 nitrogen and oxygen atoms in total. The van der Waals surface area contributed by atoms with Crippen LogP contribution in [0.25, 0.3) is 22.6 Å². The highest BCUT2D eigenvalue weighted by molar-refractivity contribution is 6.30. The highest BCUT2D eigenvalue weighted by Crippen LogP contribution is 2.34. The zero-order valence-corrected chi connectivity index (χ0v) is 11.9. The topological polar surface area (TPSA) is 46.3 Å². The Balaban J connectivity index is 2.15. The fraction of sp³-hybridized carbons (Fsp3) is 0.0625. The van der Waals surface area contributed by atoms with Crippen molar-refractivity contribution in [2.45, 2.75) is 6.61 Å². The molecule has 0 unspecified atom stereocenters. The van der Waals surface area contributed by atoms with Gasteiger partial charge in [0, 0.05) is 16.1 Å². The monoisotopic (exact) mass is 321 g/mol. The van der Waals surface area contributed by atoms with Gasteiger partial charge < -0.3 is 9.63 Å². The molecule has 22 heavy (non-hydrogen) atoms. The molecule has 3 aromatic rings. The van der Waals surface area contributed by atoms with Gasteiger partial charge >= 0.3 is 0 Å². The Hall–Kier alpha value is -2.24. The maximum Gasteiger partial charge on any atom is 0.173 e. The van der Waals surface area contributed by atoms with Crippen LogP contribution in [0.3, 0.4) is 0 Å². The zero-order valence-electron chi connectivity index (χ0n) is 11.2. The smallest absolute Gasteiger partial charge is 0.173 e. The quantitative estimate of drug-likeness (QED) is 0.776. The second kappa shape index (κ2) is 5.87. The van der Waals surface area contributed by atoms with Crippen molar-refractivity contribution in [3.05, 3.63) is 64.7 Å². The number of hydrogen-bond donors (Lipinski definition) is 1. The van der Waals surface area contributed by atoms with Crippen LogP contribution in [0.4, 0.5) is 8.78 Å². The Morgan fingerprint density at radius 1 is 1.09 bits per heavy atom. The molecule has 1 heterocycles. The first kappa shape index (κ1) is 14.7. The molecule has 2 aromatic carbocycles. The molecular weight excluding hydrogens is 312 g/mol. The van der Waals surface area contributed by atoms with E-state index in [-0.39, 0.29) is 22.6 Å². The van der Waals surface area contributed by atoms with E-state index >= 15 is 0 Å². The molecule has 1 aromatic heterocycles. The molecule has 0 aliphatic carbocycles. The van der Waals surface area contributed by atoms with E-state index in [2.05, 4.69) is 5.16 Å². The van der Waals surface area contributed by atoms with Crippen LogP contribution < -0.4 is 0 Å². The van der Waals surface area contributed by atoms with E-state index in [9.17, 15) is 13.9 Å². The number of benzene rings is 2. The summed E-state index contributed by atoms with van der Waals surface area (Å²) >= 11 is 5.83. The Morgan fingerprint density at radius 3 is 2.50 bits per heavy atom. The number of aliphatic hydroxyl groups excluding tert-OH is 1. The molecule has 0 spiro atoms. The molecule has 0 aliphatic rings. The summed E-state index contributed by atoms with van der Waals surface area (Å²) < 4.78 is 32.4. The number of aromatic nitrogens is 1. The van der Waals surface area contributed by atoms with E-state index in [0.717, 1.165) is 18.2 Å². The fourth-order valence-electron chi connectivity index (χ4n) is 2.17. The molecule has 0 atom stereocenters. The lowest BCUT2D eigenvalue weighted by Gasteiger charge is -2.03. The molecule has 6 heteroatoms. The van der Waals surface area contributed by atoms with Crippen molar-refractivity contribution >= 4 is 11.6 Å². The molecule has 0 aliphatic heterocycles. The lowest BCUT2D eigenvalue weighted by Crippen LogP contribution is -1.92. The third kappa shape index (κ3) is 2.61. The molecule has 3 rings (SSSR count). The van der Waals surface area contributed by atoms with Crippen LogP contribution in [-0.2, 0) is 6.61 Å². The van der Waals surface area contributed by atoms with Crippen LogP contribution in [0.1, 0.15) is 5.56 Å². The number of nitrogens with zero attached hydrogens (tertiary/aromatic N) is 1. The fourth-order valence-corrected chi connectivity index (χ4v) is 2.30. The average molecular weight is 322 g/mol. The van der Waals surface area contributed by atoms with Gasteiger partial charge in [0.25, 0.3) is 0 Å². The Kier molecular flexibility index (Phi) is 3.92. The summed E-state index contributed by atoms with van der Waals surface area (Å²) in [7, 11) is 0. The normalized spacial score (nSPS) is 10.9. The minimum absolute atomic E-state index is 0.0620. The first-order valence-corrected chi connectivity index (χ1v) is 6.78. The van der Waals surface area contributed by atoms with E-state index in [1.54, 1.807) is 24.3 Å². The first-order valence-electron chi connectivity index (χ1n) is 6.41. The van der Waals surface area contributed by atoms with Crippen molar-refractivity contribution in [3.8, 4) is 22.6 Å². The lowest BCUT2D eigenvalue weighted by molar-refractivity contribution is 0.281. The van der Waals surface area contributed by atoms with Gasteiger partial charge in [-0.15, -0.1) is 0 Å². The largest absolute Gasteiger partial charge is 0.391 e. The van der Waals surface area contributed by atoms with Gasteiger partial charge in [-0.3, -0.25) is 0 Å². The Labute approximate surface area is 129 Å². The van der Waals surface area contributed by atoms with Crippen LogP contribution in [0.15, 0.2) is 47.0 Å². The SMILES string of the molecule is OCc1c(-c2cc(F)ccc2F)noc1-c1ccc(Cl)cc1.